The fourth-order valence-corrected chi connectivity index (χ4v) is 4.93. The van der Waals surface area contributed by atoms with Crippen molar-refractivity contribution >= 4 is 16.1 Å². The Bertz CT molecular complexity index is 778. The quantitative estimate of drug-likeness (QED) is 0.728. The van der Waals surface area contributed by atoms with E-state index in [2.05, 4.69) is 16.9 Å². The molecule has 8 heteroatoms. The average Bonchev–Trinajstić information content (AvgIpc) is 2.60. The van der Waals surface area contributed by atoms with Crippen LogP contribution in [0.2, 0.25) is 0 Å². The summed E-state index contributed by atoms with van der Waals surface area (Å²) >= 11 is 0. The normalized spacial score (nSPS) is 27.5. The van der Waals surface area contributed by atoms with Gasteiger partial charge in [-0.2, -0.15) is 0 Å². The molecule has 0 aromatic heterocycles. The van der Waals surface area contributed by atoms with Crippen molar-refractivity contribution in [1.29, 1.82) is 0 Å². The molecule has 1 aromatic rings. The number of nitrogens with one attached hydrogen (secondary N) is 1. The summed E-state index contributed by atoms with van der Waals surface area (Å²) in [5.74, 6) is 0.500. The number of piperidine rings is 1. The van der Waals surface area contributed by atoms with Gasteiger partial charge in [0.1, 0.15) is 0 Å². The monoisotopic (exact) mass is 424 g/mol. The maximum absolute atomic E-state index is 12.6. The summed E-state index contributed by atoms with van der Waals surface area (Å²) in [6.07, 6.45) is 3.90. The highest BCUT2D eigenvalue weighted by molar-refractivity contribution is 7.88. The molecule has 0 unspecified atom stereocenters. The van der Waals surface area contributed by atoms with Crippen LogP contribution >= 0.6 is 0 Å². The third-order valence-electron chi connectivity index (χ3n) is 5.58. The van der Waals surface area contributed by atoms with Crippen LogP contribution in [0, 0.1) is 0 Å². The minimum atomic E-state index is -3.39. The van der Waals surface area contributed by atoms with Crippen molar-refractivity contribution in [3.05, 3.63) is 35.9 Å². The van der Waals surface area contributed by atoms with Crippen molar-refractivity contribution in [2.75, 3.05) is 19.4 Å². The van der Waals surface area contributed by atoms with Gasteiger partial charge in [-0.25, -0.2) is 17.9 Å². The van der Waals surface area contributed by atoms with Gasteiger partial charge in [0.15, 0.2) is 0 Å². The Labute approximate surface area is 173 Å². The summed E-state index contributed by atoms with van der Waals surface area (Å²) in [6, 6.07) is 9.63. The van der Waals surface area contributed by atoms with Gasteiger partial charge >= 0.3 is 6.09 Å². The molecular weight excluding hydrogens is 392 g/mol. The minimum absolute atomic E-state index is 0.129. The summed E-state index contributed by atoms with van der Waals surface area (Å²) in [5, 5.41) is 0. The molecule has 1 heterocycles. The number of benzene rings is 1. The second kappa shape index (κ2) is 9.45. The van der Waals surface area contributed by atoms with Crippen molar-refractivity contribution in [1.82, 2.24) is 9.62 Å². The molecular formula is C21H32N2O5S. The number of amides is 1. The van der Waals surface area contributed by atoms with E-state index in [0.717, 1.165) is 25.5 Å². The first-order chi connectivity index (χ1) is 13.7. The molecule has 162 valence electrons. The lowest BCUT2D eigenvalue weighted by molar-refractivity contribution is -0.0502. The minimum Gasteiger partial charge on any atom is -0.447 e. The predicted octanol–water partition coefficient (Wildman–Crippen LogP) is 2.88. The Hall–Kier alpha value is -1.64. The van der Waals surface area contributed by atoms with E-state index in [4.69, 9.17) is 9.47 Å². The largest absolute Gasteiger partial charge is 0.447 e. The molecule has 7 nitrogen and oxygen atoms in total. The standard InChI is InChI=1S/C21H32N2O5S/c1-15(2)28-21(24)23-11-7-10-19(22-29(3,25)26)20(23)14-27-18-12-17(13-18)16-8-5-4-6-9-16/h4-6,8-9,15,17-20,22H,7,10-14H2,1-3H3/t17?,18?,19-,20-/m0/s1. The second-order valence-electron chi connectivity index (χ2n) is 8.37. The molecule has 1 aliphatic heterocycles. The summed E-state index contributed by atoms with van der Waals surface area (Å²) < 4.78 is 37.8. The zero-order chi connectivity index (χ0) is 21.0. The van der Waals surface area contributed by atoms with Crippen LogP contribution in [0.5, 0.6) is 0 Å². The second-order valence-corrected chi connectivity index (χ2v) is 10.1. The van der Waals surface area contributed by atoms with Gasteiger partial charge < -0.3 is 14.4 Å². The zero-order valence-corrected chi connectivity index (χ0v) is 18.2. The highest BCUT2D eigenvalue weighted by atomic mass is 32.2. The number of likely N-dealkylation sites (tertiary alicyclic amines) is 1. The van der Waals surface area contributed by atoms with Crippen molar-refractivity contribution in [3.8, 4) is 0 Å². The summed E-state index contributed by atoms with van der Waals surface area (Å²) in [7, 11) is -3.39. The third-order valence-corrected chi connectivity index (χ3v) is 6.31. The number of rotatable bonds is 7. The van der Waals surface area contributed by atoms with Gasteiger partial charge in [-0.1, -0.05) is 30.3 Å². The first-order valence-electron chi connectivity index (χ1n) is 10.3. The van der Waals surface area contributed by atoms with E-state index >= 15 is 0 Å². The molecule has 1 saturated carbocycles. The summed E-state index contributed by atoms with van der Waals surface area (Å²) in [5.41, 5.74) is 1.32. The predicted molar refractivity (Wildman–Crippen MR) is 111 cm³/mol. The molecule has 1 aliphatic carbocycles. The molecule has 3 rings (SSSR count). The lowest BCUT2D eigenvalue weighted by Gasteiger charge is -2.42. The van der Waals surface area contributed by atoms with Crippen LogP contribution in [-0.2, 0) is 19.5 Å². The van der Waals surface area contributed by atoms with Crippen molar-refractivity contribution in [2.24, 2.45) is 0 Å². The van der Waals surface area contributed by atoms with Gasteiger partial charge in [0.05, 0.1) is 31.1 Å². The molecule has 1 saturated heterocycles. The van der Waals surface area contributed by atoms with Crippen molar-refractivity contribution < 1.29 is 22.7 Å². The molecule has 29 heavy (non-hydrogen) atoms. The van der Waals surface area contributed by atoms with Gasteiger partial charge in [0.2, 0.25) is 10.0 Å². The number of sulfonamides is 1. The van der Waals surface area contributed by atoms with E-state index in [-0.39, 0.29) is 24.3 Å². The van der Waals surface area contributed by atoms with Gasteiger partial charge in [-0.05, 0) is 51.0 Å². The highest BCUT2D eigenvalue weighted by Crippen LogP contribution is 2.39. The van der Waals surface area contributed by atoms with Crippen molar-refractivity contribution in [2.45, 2.75) is 69.7 Å². The SMILES string of the molecule is CC(C)OC(=O)N1CCC[C@H](NS(C)(=O)=O)[C@@H]1COC1CC(c2ccccc2)C1. The molecule has 1 aromatic carbocycles. The first-order valence-corrected chi connectivity index (χ1v) is 12.2. The Morgan fingerprint density at radius 3 is 2.55 bits per heavy atom. The number of ether oxygens (including phenoxy) is 2. The fourth-order valence-electron chi connectivity index (χ4n) is 4.11. The highest BCUT2D eigenvalue weighted by Gasteiger charge is 2.39. The lowest BCUT2D eigenvalue weighted by atomic mass is 9.77. The number of hydrogen-bond donors (Lipinski definition) is 1. The van der Waals surface area contributed by atoms with Crippen LogP contribution in [-0.4, -0.2) is 63.1 Å². The van der Waals surface area contributed by atoms with Gasteiger partial charge in [0, 0.05) is 12.6 Å². The Balaban J connectivity index is 1.61. The molecule has 1 N–H and O–H groups in total. The van der Waals surface area contributed by atoms with Gasteiger partial charge in [-0.15, -0.1) is 0 Å². The number of hydrogen-bond acceptors (Lipinski definition) is 5. The topological polar surface area (TPSA) is 84.9 Å². The van der Waals surface area contributed by atoms with Crippen LogP contribution < -0.4 is 4.72 Å². The van der Waals surface area contributed by atoms with E-state index in [1.54, 1.807) is 18.7 Å². The smallest absolute Gasteiger partial charge is 0.410 e. The van der Waals surface area contributed by atoms with Gasteiger partial charge in [0.25, 0.3) is 0 Å². The Morgan fingerprint density at radius 1 is 1.24 bits per heavy atom. The molecule has 2 atom stereocenters. The van der Waals surface area contributed by atoms with E-state index in [9.17, 15) is 13.2 Å². The number of carbonyl (C=O) groups is 1. The molecule has 1 amide bonds. The zero-order valence-electron chi connectivity index (χ0n) is 17.4. The van der Waals surface area contributed by atoms with E-state index in [1.165, 1.54) is 5.56 Å². The van der Waals surface area contributed by atoms with E-state index in [0.29, 0.717) is 25.5 Å². The number of nitrogens with zero attached hydrogens (tertiary/aromatic N) is 1. The number of carbonyl (C=O) groups excluding carboxylic acids is 1. The lowest BCUT2D eigenvalue weighted by Crippen LogP contribution is -2.59. The van der Waals surface area contributed by atoms with Crippen LogP contribution in [0.25, 0.3) is 0 Å². The molecule has 0 radical (unpaired) electrons. The first kappa shape index (κ1) is 22.1. The molecule has 2 aliphatic rings. The molecule has 2 fully saturated rings. The maximum atomic E-state index is 12.6. The summed E-state index contributed by atoms with van der Waals surface area (Å²) in [4.78, 5) is 14.2. The van der Waals surface area contributed by atoms with E-state index < -0.39 is 16.1 Å². The maximum Gasteiger partial charge on any atom is 0.410 e. The molecule has 0 spiro atoms. The Morgan fingerprint density at radius 2 is 1.93 bits per heavy atom. The molecule has 0 bridgehead atoms. The van der Waals surface area contributed by atoms with Crippen LogP contribution in [0.3, 0.4) is 0 Å². The third kappa shape index (κ3) is 6.17. The van der Waals surface area contributed by atoms with Crippen LogP contribution in [0.4, 0.5) is 4.79 Å². The van der Waals surface area contributed by atoms with Crippen molar-refractivity contribution in [3.63, 3.8) is 0 Å². The van der Waals surface area contributed by atoms with Gasteiger partial charge in [-0.3, -0.25) is 0 Å². The summed E-state index contributed by atoms with van der Waals surface area (Å²) in [6.45, 7) is 4.45. The average molecular weight is 425 g/mol. The van der Waals surface area contributed by atoms with Crippen LogP contribution in [0.15, 0.2) is 30.3 Å². The Kier molecular flexibility index (Phi) is 7.19. The van der Waals surface area contributed by atoms with Crippen LogP contribution in [0.1, 0.15) is 51.0 Å². The fraction of sp³-hybridized carbons (Fsp3) is 0.667. The van der Waals surface area contributed by atoms with E-state index in [1.807, 2.05) is 18.2 Å².